The number of aryl methyl sites for hydroxylation is 3. The molecule has 1 aromatic heterocycles. The normalized spacial score (nSPS) is 10.8. The zero-order valence-corrected chi connectivity index (χ0v) is 15.9. The largest absolute Gasteiger partial charge is 0.492 e. The van der Waals surface area contributed by atoms with E-state index in [2.05, 4.69) is 5.32 Å². The maximum absolute atomic E-state index is 12.5. The molecule has 0 aliphatic carbocycles. The van der Waals surface area contributed by atoms with Crippen molar-refractivity contribution in [2.75, 3.05) is 11.9 Å². The minimum Gasteiger partial charge on any atom is -0.492 e. The van der Waals surface area contributed by atoms with Gasteiger partial charge in [0.15, 0.2) is 0 Å². The topological polar surface area (TPSA) is 60.3 Å². The average Bonchev–Trinajstić information content (AvgIpc) is 2.64. The Hall–Kier alpha value is -3.08. The molecule has 27 heavy (non-hydrogen) atoms. The van der Waals surface area contributed by atoms with Gasteiger partial charge >= 0.3 is 0 Å². The average molecular weight is 364 g/mol. The van der Waals surface area contributed by atoms with Crippen molar-refractivity contribution >= 4 is 22.5 Å². The summed E-state index contributed by atoms with van der Waals surface area (Å²) in [5.74, 6) is 0.485. The van der Waals surface area contributed by atoms with E-state index in [1.165, 1.54) is 0 Å². The Morgan fingerprint density at radius 2 is 1.85 bits per heavy atom. The van der Waals surface area contributed by atoms with Crippen molar-refractivity contribution in [1.29, 1.82) is 0 Å². The molecule has 0 radical (unpaired) electrons. The van der Waals surface area contributed by atoms with Crippen LogP contribution >= 0.6 is 0 Å². The number of carbonyl (C=O) groups excluding carboxylic acids is 1. The van der Waals surface area contributed by atoms with Gasteiger partial charge in [-0.2, -0.15) is 0 Å². The third-order valence-corrected chi connectivity index (χ3v) is 4.56. The molecule has 5 nitrogen and oxygen atoms in total. The molecule has 2 aromatic carbocycles. The van der Waals surface area contributed by atoms with Crippen LogP contribution in [0, 0.1) is 13.8 Å². The standard InChI is InChI=1S/C22H24N2O3/c1-4-27-19-11-6-5-10-18(19)23-20(25)12-13-24-21(26)14-16(3)17-9-7-8-15(2)22(17)24/h5-11,14H,4,12-13H2,1-3H3,(H,23,25). The highest BCUT2D eigenvalue weighted by molar-refractivity contribution is 5.92. The van der Waals surface area contributed by atoms with Gasteiger partial charge in [-0.05, 0) is 44.0 Å². The van der Waals surface area contributed by atoms with Gasteiger partial charge in [0.1, 0.15) is 5.75 Å². The Balaban J connectivity index is 1.82. The van der Waals surface area contributed by atoms with Crippen molar-refractivity contribution in [2.45, 2.75) is 33.7 Å². The Bertz CT molecular complexity index is 1040. The Labute approximate surface area is 158 Å². The molecular formula is C22H24N2O3. The number of fused-ring (bicyclic) bond motifs is 1. The third-order valence-electron chi connectivity index (χ3n) is 4.56. The van der Waals surface area contributed by atoms with Crippen LogP contribution in [0.3, 0.4) is 0 Å². The number of anilines is 1. The smallest absolute Gasteiger partial charge is 0.251 e. The highest BCUT2D eigenvalue weighted by atomic mass is 16.5. The Morgan fingerprint density at radius 3 is 2.63 bits per heavy atom. The zero-order valence-electron chi connectivity index (χ0n) is 15.9. The molecular weight excluding hydrogens is 340 g/mol. The summed E-state index contributed by atoms with van der Waals surface area (Å²) < 4.78 is 7.22. The SMILES string of the molecule is CCOc1ccccc1NC(=O)CCn1c(=O)cc(C)c2cccc(C)c21. The predicted octanol–water partition coefficient (Wildman–Crippen LogP) is 4.05. The first-order chi connectivity index (χ1) is 13.0. The molecule has 3 rings (SSSR count). The van der Waals surface area contributed by atoms with Crippen molar-refractivity contribution in [3.8, 4) is 5.75 Å². The number of rotatable bonds is 6. The number of benzene rings is 2. The van der Waals surface area contributed by atoms with E-state index in [-0.39, 0.29) is 17.9 Å². The first kappa shape index (κ1) is 18.7. The third kappa shape index (κ3) is 4.03. The van der Waals surface area contributed by atoms with Gasteiger partial charge < -0.3 is 14.6 Å². The van der Waals surface area contributed by atoms with Crippen molar-refractivity contribution < 1.29 is 9.53 Å². The second-order valence-electron chi connectivity index (χ2n) is 6.52. The van der Waals surface area contributed by atoms with E-state index < -0.39 is 0 Å². The zero-order chi connectivity index (χ0) is 19.4. The number of hydrogen-bond donors (Lipinski definition) is 1. The highest BCUT2D eigenvalue weighted by Gasteiger charge is 2.12. The minimum absolute atomic E-state index is 0.0863. The van der Waals surface area contributed by atoms with E-state index >= 15 is 0 Å². The second-order valence-corrected chi connectivity index (χ2v) is 6.52. The fraction of sp³-hybridized carbons (Fsp3) is 0.273. The lowest BCUT2D eigenvalue weighted by Gasteiger charge is -2.15. The number of amides is 1. The molecule has 0 aliphatic heterocycles. The molecule has 3 aromatic rings. The van der Waals surface area contributed by atoms with Gasteiger partial charge in [0, 0.05) is 24.4 Å². The highest BCUT2D eigenvalue weighted by Crippen LogP contribution is 2.24. The van der Waals surface area contributed by atoms with E-state index in [1.54, 1.807) is 16.7 Å². The van der Waals surface area contributed by atoms with Crippen LogP contribution in [-0.4, -0.2) is 17.1 Å². The molecule has 0 saturated heterocycles. The van der Waals surface area contributed by atoms with Crippen molar-refractivity contribution in [2.24, 2.45) is 0 Å². The first-order valence-corrected chi connectivity index (χ1v) is 9.12. The number of nitrogens with one attached hydrogen (secondary N) is 1. The summed E-state index contributed by atoms with van der Waals surface area (Å²) in [5, 5.41) is 3.92. The molecule has 1 N–H and O–H groups in total. The number of ether oxygens (including phenoxy) is 1. The van der Waals surface area contributed by atoms with E-state index in [0.717, 1.165) is 22.0 Å². The van der Waals surface area contributed by atoms with Crippen LogP contribution in [0.25, 0.3) is 10.9 Å². The summed E-state index contributed by atoms with van der Waals surface area (Å²) in [5.41, 5.74) is 3.42. The summed E-state index contributed by atoms with van der Waals surface area (Å²) in [7, 11) is 0. The second kappa shape index (κ2) is 8.08. The number of pyridine rings is 1. The molecule has 5 heteroatoms. The molecule has 1 amide bonds. The lowest BCUT2D eigenvalue weighted by molar-refractivity contribution is -0.116. The Kier molecular flexibility index (Phi) is 5.60. The molecule has 0 unspecified atom stereocenters. The van der Waals surface area contributed by atoms with E-state index in [1.807, 2.05) is 57.2 Å². The van der Waals surface area contributed by atoms with Crippen molar-refractivity contribution in [3.63, 3.8) is 0 Å². The predicted molar refractivity (Wildman–Crippen MR) is 109 cm³/mol. The maximum atomic E-state index is 12.5. The molecule has 0 bridgehead atoms. The summed E-state index contributed by atoms with van der Waals surface area (Å²) in [4.78, 5) is 25.0. The summed E-state index contributed by atoms with van der Waals surface area (Å²) in [6.45, 7) is 6.66. The van der Waals surface area contributed by atoms with Crippen molar-refractivity contribution in [3.05, 3.63) is 70.0 Å². The van der Waals surface area contributed by atoms with Crippen LogP contribution in [0.2, 0.25) is 0 Å². The van der Waals surface area contributed by atoms with Gasteiger partial charge in [0.2, 0.25) is 5.91 Å². The monoisotopic (exact) mass is 364 g/mol. The van der Waals surface area contributed by atoms with Crippen LogP contribution in [0.5, 0.6) is 5.75 Å². The lowest BCUT2D eigenvalue weighted by atomic mass is 10.1. The number of para-hydroxylation sites is 3. The van der Waals surface area contributed by atoms with Gasteiger partial charge in [0.25, 0.3) is 5.56 Å². The Morgan fingerprint density at radius 1 is 1.07 bits per heavy atom. The number of hydrogen-bond acceptors (Lipinski definition) is 3. The van der Waals surface area contributed by atoms with Gasteiger partial charge in [-0.3, -0.25) is 9.59 Å². The number of carbonyl (C=O) groups is 1. The van der Waals surface area contributed by atoms with Crippen molar-refractivity contribution in [1.82, 2.24) is 4.57 Å². The van der Waals surface area contributed by atoms with Crippen LogP contribution in [0.15, 0.2) is 53.3 Å². The van der Waals surface area contributed by atoms with Crippen LogP contribution in [-0.2, 0) is 11.3 Å². The van der Waals surface area contributed by atoms with Crippen LogP contribution in [0.1, 0.15) is 24.5 Å². The van der Waals surface area contributed by atoms with Crippen LogP contribution in [0.4, 0.5) is 5.69 Å². The fourth-order valence-corrected chi connectivity index (χ4v) is 3.29. The van der Waals surface area contributed by atoms with Gasteiger partial charge in [-0.1, -0.05) is 30.3 Å². The fourth-order valence-electron chi connectivity index (χ4n) is 3.29. The number of nitrogens with zero attached hydrogens (tertiary/aromatic N) is 1. The molecule has 0 atom stereocenters. The molecule has 0 spiro atoms. The summed E-state index contributed by atoms with van der Waals surface area (Å²) >= 11 is 0. The molecule has 0 saturated carbocycles. The first-order valence-electron chi connectivity index (χ1n) is 9.12. The summed E-state index contributed by atoms with van der Waals surface area (Å²) in [6, 6.07) is 14.9. The molecule has 1 heterocycles. The van der Waals surface area contributed by atoms with E-state index in [4.69, 9.17) is 4.74 Å². The van der Waals surface area contributed by atoms with Gasteiger partial charge in [0.05, 0.1) is 17.8 Å². The minimum atomic E-state index is -0.156. The molecule has 140 valence electrons. The lowest BCUT2D eigenvalue weighted by Crippen LogP contribution is -2.24. The molecule has 0 aliphatic rings. The maximum Gasteiger partial charge on any atom is 0.251 e. The number of aromatic nitrogens is 1. The van der Waals surface area contributed by atoms with E-state index in [9.17, 15) is 9.59 Å². The van der Waals surface area contributed by atoms with Crippen LogP contribution < -0.4 is 15.6 Å². The van der Waals surface area contributed by atoms with E-state index in [0.29, 0.717) is 24.6 Å². The van der Waals surface area contributed by atoms with Gasteiger partial charge in [-0.25, -0.2) is 0 Å². The summed E-state index contributed by atoms with van der Waals surface area (Å²) in [6.07, 6.45) is 0.201. The quantitative estimate of drug-likeness (QED) is 0.718. The van der Waals surface area contributed by atoms with Gasteiger partial charge in [-0.15, -0.1) is 0 Å². The molecule has 0 fully saturated rings.